The maximum Gasteiger partial charge on any atom is 0.418 e. The number of guanidine groups is 1. The molecule has 0 radical (unpaired) electrons. The highest BCUT2D eigenvalue weighted by atomic mass is 32.3. The Morgan fingerprint density at radius 2 is 1.32 bits per heavy atom. The zero-order valence-corrected chi connectivity index (χ0v) is 47.9. The number of amides is 3. The molecular weight excluding hydrogens is 1070 g/mol. The summed E-state index contributed by atoms with van der Waals surface area (Å²) in [5.41, 5.74) is 1.17. The highest BCUT2D eigenvalue weighted by molar-refractivity contribution is 7.80. The lowest BCUT2D eigenvalue weighted by Crippen LogP contribution is -2.68. The molecule has 3 heterocycles. The molecule has 4 aromatic carbocycles. The van der Waals surface area contributed by atoms with Gasteiger partial charge in [0.1, 0.15) is 34.8 Å². The van der Waals surface area contributed by atoms with E-state index in [0.717, 1.165) is 27.8 Å². The van der Waals surface area contributed by atoms with Crippen LogP contribution in [0, 0.1) is 11.3 Å². The van der Waals surface area contributed by atoms with Crippen LogP contribution < -0.4 is 20.7 Å². The van der Waals surface area contributed by atoms with Crippen LogP contribution in [0.5, 0.6) is 5.75 Å². The third-order valence-electron chi connectivity index (χ3n) is 13.0. The minimum absolute atomic E-state index is 0.0133. The number of hydrogen-bond acceptors (Lipinski definition) is 16. The van der Waals surface area contributed by atoms with Crippen LogP contribution in [0.3, 0.4) is 0 Å². The molecule has 1 fully saturated rings. The Kier molecular flexibility index (Phi) is 19.3. The fourth-order valence-corrected chi connectivity index (χ4v) is 10.5. The Morgan fingerprint density at radius 3 is 1.82 bits per heavy atom. The average molecular weight is 1140 g/mol. The predicted octanol–water partition coefficient (Wildman–Crippen LogP) is 8.66. The summed E-state index contributed by atoms with van der Waals surface area (Å²) in [7, 11) is -5.03. The van der Waals surface area contributed by atoms with Crippen LogP contribution in [0.2, 0.25) is 0 Å². The zero-order valence-electron chi connectivity index (χ0n) is 46.3. The van der Waals surface area contributed by atoms with Gasteiger partial charge >= 0.3 is 22.6 Å². The number of oxime groups is 1. The van der Waals surface area contributed by atoms with E-state index in [1.807, 2.05) is 119 Å². The standard InChI is InChI=1S/C57H71N9O12S2/c1-54(2,3)76-52(69)59-28-18-30-64(31-19-29-60-53(70)77-55(4,5)6)50(58)65-36-39-26-27-44(34-40(39)37-65)74-32-33-75-63-48(47(67)35-45-49(68)66(56(45,7)8)78-80(71,72)73)46-38-79-51(61-46)62-57(41-20-12-9-13-21-41,42-22-14-10-15-23-42)43-24-16-11-17-25-43/h9-17,20-27,34,38,45,58H,18-19,28-33,35-37H2,1-8H3,(H,59,69)(H,60,70)(H,61,62)(H,71,72,73)/b58-50?,63-48-/t45-/m1/s1. The third kappa shape index (κ3) is 15.8. The van der Waals surface area contributed by atoms with Gasteiger partial charge in [0.25, 0.3) is 5.91 Å². The number of nitrogens with zero attached hydrogens (tertiary/aromatic N) is 5. The van der Waals surface area contributed by atoms with Crippen molar-refractivity contribution in [2.75, 3.05) is 44.7 Å². The van der Waals surface area contributed by atoms with Crippen LogP contribution in [0.1, 0.15) is 108 Å². The Hall–Kier alpha value is -7.60. The largest absolute Gasteiger partial charge is 0.490 e. The number of ether oxygens (including phenoxy) is 3. The van der Waals surface area contributed by atoms with Crippen molar-refractivity contribution in [3.8, 4) is 5.75 Å². The zero-order chi connectivity index (χ0) is 57.9. The van der Waals surface area contributed by atoms with E-state index >= 15 is 0 Å². The number of aromatic nitrogens is 1. The van der Waals surface area contributed by atoms with Crippen molar-refractivity contribution in [2.45, 2.75) is 110 Å². The molecule has 0 saturated carbocycles. The van der Waals surface area contributed by atoms with Gasteiger partial charge in [-0.1, -0.05) is 102 Å². The summed E-state index contributed by atoms with van der Waals surface area (Å²) in [5, 5.41) is 25.5. The third-order valence-corrected chi connectivity index (χ3v) is 14.1. The van der Waals surface area contributed by atoms with E-state index < -0.39 is 68.9 Å². The number of Topliss-reactive ketones (excluding diaryl/α,β-unsaturated/α-hetero) is 1. The number of ketones is 1. The Morgan fingerprint density at radius 1 is 0.800 bits per heavy atom. The molecule has 0 unspecified atom stereocenters. The van der Waals surface area contributed by atoms with Crippen LogP contribution >= 0.6 is 11.3 Å². The van der Waals surface area contributed by atoms with Crippen molar-refractivity contribution in [3.63, 3.8) is 0 Å². The summed E-state index contributed by atoms with van der Waals surface area (Å²) in [6, 6.07) is 35.4. The van der Waals surface area contributed by atoms with Crippen molar-refractivity contribution in [3.05, 3.63) is 148 Å². The fraction of sp³-hybridized carbons (Fsp3) is 0.421. The summed E-state index contributed by atoms with van der Waals surface area (Å²) < 4.78 is 53.9. The van der Waals surface area contributed by atoms with Crippen LogP contribution in [-0.2, 0) is 57.2 Å². The summed E-state index contributed by atoms with van der Waals surface area (Å²) in [6.45, 7) is 16.2. The minimum Gasteiger partial charge on any atom is -0.490 e. The van der Waals surface area contributed by atoms with Gasteiger partial charge in [-0.15, -0.1) is 15.6 Å². The van der Waals surface area contributed by atoms with Crippen molar-refractivity contribution < 1.29 is 55.5 Å². The molecule has 428 valence electrons. The Labute approximate surface area is 471 Å². The lowest BCUT2D eigenvalue weighted by atomic mass is 9.74. The number of alkyl carbamates (subject to hydrolysis) is 2. The SMILES string of the molecule is CC(C)(C)OC(=O)NCCCN(CCCNC(=O)OC(C)(C)C)C(=N)N1Cc2ccc(OCCO/N=C(\C(=O)C[C@@H]3C(=O)N(OS(=O)(=O)O)C3(C)C)c3csc(NC(c4ccccc4)(c4ccccc4)c4ccccc4)n3)cc2C1. The molecule has 0 aliphatic carbocycles. The number of β-lactam (4-membered cyclic amide) rings is 1. The first-order valence-electron chi connectivity index (χ1n) is 26.2. The van der Waals surface area contributed by atoms with Crippen molar-refractivity contribution >= 4 is 62.4 Å². The van der Waals surface area contributed by atoms with E-state index in [4.69, 9.17) is 24.0 Å². The molecule has 5 N–H and O–H groups in total. The molecule has 1 aromatic heterocycles. The molecule has 2 aliphatic heterocycles. The number of anilines is 1. The van der Waals surface area contributed by atoms with Crippen molar-refractivity contribution in [2.24, 2.45) is 11.1 Å². The number of fused-ring (bicyclic) bond motifs is 1. The molecule has 3 amide bonds. The van der Waals surface area contributed by atoms with E-state index in [1.54, 1.807) is 46.9 Å². The first-order valence-corrected chi connectivity index (χ1v) is 28.5. The smallest absolute Gasteiger partial charge is 0.418 e. The number of carbonyl (C=O) groups is 4. The van der Waals surface area contributed by atoms with Crippen LogP contribution in [0.4, 0.5) is 14.7 Å². The highest BCUT2D eigenvalue weighted by Crippen LogP contribution is 2.42. The van der Waals surface area contributed by atoms with Gasteiger partial charge in [-0.2, -0.15) is 13.5 Å². The topological polar surface area (TPSA) is 264 Å². The Balaban J connectivity index is 1.04. The number of rotatable bonds is 24. The fourth-order valence-electron chi connectivity index (χ4n) is 9.26. The van der Waals surface area contributed by atoms with E-state index in [1.165, 1.54) is 25.2 Å². The number of thiazole rings is 1. The number of benzene rings is 4. The number of nitrogens with one attached hydrogen (secondary N) is 4. The van der Waals surface area contributed by atoms with Gasteiger partial charge < -0.3 is 44.8 Å². The molecule has 7 rings (SSSR count). The second-order valence-corrected chi connectivity index (χ2v) is 23.6. The minimum atomic E-state index is -5.03. The second kappa shape index (κ2) is 25.7. The molecule has 0 bridgehead atoms. The van der Waals surface area contributed by atoms with Crippen LogP contribution in [0.25, 0.3) is 0 Å². The summed E-state index contributed by atoms with van der Waals surface area (Å²) >= 11 is 1.24. The van der Waals surface area contributed by atoms with Gasteiger partial charge in [0.05, 0.1) is 11.5 Å². The van der Waals surface area contributed by atoms with E-state index in [2.05, 4.69) is 25.4 Å². The van der Waals surface area contributed by atoms with Gasteiger partial charge in [0.15, 0.2) is 29.2 Å². The maximum absolute atomic E-state index is 14.4. The molecule has 1 atom stereocenters. The molecule has 1 saturated heterocycles. The highest BCUT2D eigenvalue weighted by Gasteiger charge is 2.57. The molecule has 80 heavy (non-hydrogen) atoms. The number of carbonyl (C=O) groups excluding carboxylic acids is 4. The summed E-state index contributed by atoms with van der Waals surface area (Å²) in [5.74, 6) is -1.67. The molecule has 21 nitrogen and oxygen atoms in total. The normalized spacial score (nSPS) is 15.3. The summed E-state index contributed by atoms with van der Waals surface area (Å²) in [6.07, 6.45) is -0.384. The van der Waals surface area contributed by atoms with Gasteiger partial charge in [-0.25, -0.2) is 14.6 Å². The molecule has 23 heteroatoms. The molecular formula is C57H71N9O12S2. The average Bonchev–Trinajstić information content (AvgIpc) is 4.13. The lowest BCUT2D eigenvalue weighted by Gasteiger charge is -2.50. The molecule has 5 aromatic rings. The monoisotopic (exact) mass is 1140 g/mol. The van der Waals surface area contributed by atoms with Crippen molar-refractivity contribution in [1.29, 1.82) is 5.41 Å². The predicted molar refractivity (Wildman–Crippen MR) is 302 cm³/mol. The molecule has 2 aliphatic rings. The lowest BCUT2D eigenvalue weighted by molar-refractivity contribution is -0.228. The van der Waals surface area contributed by atoms with Crippen molar-refractivity contribution in [1.82, 2.24) is 30.5 Å². The van der Waals surface area contributed by atoms with Crippen LogP contribution in [-0.4, -0.2) is 124 Å². The molecule has 0 spiro atoms. The maximum atomic E-state index is 14.4. The number of hydrogen-bond donors (Lipinski definition) is 5. The van der Waals surface area contributed by atoms with E-state index in [0.29, 0.717) is 68.1 Å². The van der Waals surface area contributed by atoms with Gasteiger partial charge in [-0.3, -0.25) is 19.6 Å². The number of hydroxylamine groups is 2. The Bertz CT molecular complexity index is 2980. The van der Waals surface area contributed by atoms with Gasteiger partial charge in [-0.05, 0) is 108 Å². The van der Waals surface area contributed by atoms with Gasteiger partial charge in [0, 0.05) is 51.1 Å². The quantitative estimate of drug-likeness (QED) is 0.00736. The van der Waals surface area contributed by atoms with E-state index in [9.17, 15) is 37.6 Å². The summed E-state index contributed by atoms with van der Waals surface area (Å²) in [4.78, 5) is 66.7. The van der Waals surface area contributed by atoms with Crippen LogP contribution in [0.15, 0.2) is 120 Å². The first-order chi connectivity index (χ1) is 37.8. The van der Waals surface area contributed by atoms with Gasteiger partial charge in [0.2, 0.25) is 0 Å². The first kappa shape index (κ1) is 60.0. The van der Waals surface area contributed by atoms with E-state index in [-0.39, 0.29) is 30.6 Å². The second-order valence-electron chi connectivity index (χ2n) is 21.8.